The number of anilines is 1. The number of benzene rings is 2. The summed E-state index contributed by atoms with van der Waals surface area (Å²) in [6, 6.07) is 19.2. The number of hydrogen-bond acceptors (Lipinski definition) is 4. The van der Waals surface area contributed by atoms with Crippen LogP contribution in [0, 0.1) is 0 Å². The lowest BCUT2D eigenvalue weighted by Gasteiger charge is -2.43. The fourth-order valence-electron chi connectivity index (χ4n) is 4.79. The number of rotatable bonds is 7. The largest absolute Gasteiger partial charge is 0.347 e. The van der Waals surface area contributed by atoms with E-state index in [1.165, 1.54) is 6.92 Å². The predicted molar refractivity (Wildman–Crippen MR) is 144 cm³/mol. The molecule has 8 heteroatoms. The Kier molecular flexibility index (Phi) is 7.50. The Bertz CT molecular complexity index is 1290. The molecular weight excluding hydrogens is 466 g/mol. The van der Waals surface area contributed by atoms with Crippen LogP contribution in [0.3, 0.4) is 0 Å². The van der Waals surface area contributed by atoms with Crippen molar-refractivity contribution in [2.24, 2.45) is 0 Å². The van der Waals surface area contributed by atoms with Crippen molar-refractivity contribution in [3.63, 3.8) is 0 Å². The standard InChI is InChI=1S/C29H35N5O3/c1-20(35)31-24-12-8-21(9-13-24)18-30-27(36)25-14-15-26-29(2,3)33(16-17-34(25)26)19-22-6-10-23(11-7-22)28(37)32(4)5/h6-15H,16-19H2,1-5H3,(H,30,36)(H,31,35). The SMILES string of the molecule is CC(=O)Nc1ccc(CNC(=O)c2ccc3n2CCN(Cc2ccc(C(=O)N(C)C)cc2)C3(C)C)cc1. The van der Waals surface area contributed by atoms with Gasteiger partial charge < -0.3 is 20.1 Å². The van der Waals surface area contributed by atoms with Crippen molar-refractivity contribution in [3.05, 3.63) is 88.7 Å². The van der Waals surface area contributed by atoms with Crippen LogP contribution < -0.4 is 10.6 Å². The molecule has 0 radical (unpaired) electrons. The highest BCUT2D eigenvalue weighted by atomic mass is 16.2. The second-order valence-corrected chi connectivity index (χ2v) is 10.2. The third kappa shape index (κ3) is 5.75. The minimum atomic E-state index is -0.269. The van der Waals surface area contributed by atoms with Gasteiger partial charge in [0.05, 0.1) is 5.54 Å². The number of amides is 3. The van der Waals surface area contributed by atoms with E-state index in [1.807, 2.05) is 60.7 Å². The number of hydrogen-bond donors (Lipinski definition) is 2. The lowest BCUT2D eigenvalue weighted by Crippen LogP contribution is -2.48. The van der Waals surface area contributed by atoms with Crippen LogP contribution in [0.15, 0.2) is 60.7 Å². The Morgan fingerprint density at radius 1 is 0.892 bits per heavy atom. The van der Waals surface area contributed by atoms with E-state index in [4.69, 9.17) is 0 Å². The van der Waals surface area contributed by atoms with Gasteiger partial charge in [0, 0.05) is 64.1 Å². The van der Waals surface area contributed by atoms with E-state index in [-0.39, 0.29) is 23.3 Å². The Morgan fingerprint density at radius 2 is 1.54 bits per heavy atom. The fraction of sp³-hybridized carbons (Fsp3) is 0.345. The number of fused-ring (bicyclic) bond motifs is 1. The summed E-state index contributed by atoms with van der Waals surface area (Å²) in [5, 5.41) is 5.76. The highest BCUT2D eigenvalue weighted by Gasteiger charge is 2.36. The Balaban J connectivity index is 1.41. The molecule has 1 aliphatic rings. The number of nitrogens with zero attached hydrogens (tertiary/aromatic N) is 3. The summed E-state index contributed by atoms with van der Waals surface area (Å²) in [5.41, 5.74) is 5.00. The molecule has 8 nitrogen and oxygen atoms in total. The average Bonchev–Trinajstić information content (AvgIpc) is 3.30. The van der Waals surface area contributed by atoms with Crippen LogP contribution in [-0.4, -0.2) is 52.7 Å². The first-order valence-corrected chi connectivity index (χ1v) is 12.5. The molecule has 0 fully saturated rings. The van der Waals surface area contributed by atoms with E-state index in [0.717, 1.165) is 42.1 Å². The van der Waals surface area contributed by atoms with Crippen molar-refractivity contribution in [1.29, 1.82) is 0 Å². The molecule has 0 aliphatic carbocycles. The van der Waals surface area contributed by atoms with Gasteiger partial charge in [0.15, 0.2) is 0 Å². The molecule has 37 heavy (non-hydrogen) atoms. The van der Waals surface area contributed by atoms with Crippen LogP contribution in [0.5, 0.6) is 0 Å². The summed E-state index contributed by atoms with van der Waals surface area (Å²) in [4.78, 5) is 40.4. The Labute approximate surface area is 218 Å². The second-order valence-electron chi connectivity index (χ2n) is 10.2. The highest BCUT2D eigenvalue weighted by Crippen LogP contribution is 2.34. The topological polar surface area (TPSA) is 86.7 Å². The zero-order chi connectivity index (χ0) is 26.7. The van der Waals surface area contributed by atoms with Crippen molar-refractivity contribution in [3.8, 4) is 0 Å². The van der Waals surface area contributed by atoms with Gasteiger partial charge in [-0.3, -0.25) is 19.3 Å². The summed E-state index contributed by atoms with van der Waals surface area (Å²) >= 11 is 0. The van der Waals surface area contributed by atoms with Crippen LogP contribution >= 0.6 is 0 Å². The van der Waals surface area contributed by atoms with Gasteiger partial charge in [0.25, 0.3) is 11.8 Å². The van der Waals surface area contributed by atoms with Gasteiger partial charge in [-0.2, -0.15) is 0 Å². The minimum Gasteiger partial charge on any atom is -0.347 e. The first-order chi connectivity index (χ1) is 17.6. The molecule has 4 rings (SSSR count). The average molecular weight is 502 g/mol. The van der Waals surface area contributed by atoms with Crippen molar-refractivity contribution < 1.29 is 14.4 Å². The molecule has 0 saturated carbocycles. The van der Waals surface area contributed by atoms with Crippen molar-refractivity contribution >= 4 is 23.4 Å². The quantitative estimate of drug-likeness (QED) is 0.515. The van der Waals surface area contributed by atoms with Gasteiger partial charge in [-0.05, 0) is 61.4 Å². The number of carbonyl (C=O) groups excluding carboxylic acids is 3. The molecule has 0 atom stereocenters. The van der Waals surface area contributed by atoms with E-state index in [9.17, 15) is 14.4 Å². The molecule has 3 aromatic rings. The molecule has 0 bridgehead atoms. The summed E-state index contributed by atoms with van der Waals surface area (Å²) in [6.45, 7) is 8.52. The predicted octanol–water partition coefficient (Wildman–Crippen LogP) is 3.83. The zero-order valence-corrected chi connectivity index (χ0v) is 22.2. The Morgan fingerprint density at radius 3 is 2.16 bits per heavy atom. The van der Waals surface area contributed by atoms with Gasteiger partial charge in [0.1, 0.15) is 5.69 Å². The maximum atomic E-state index is 13.0. The number of nitrogens with one attached hydrogen (secondary N) is 2. The monoisotopic (exact) mass is 501 g/mol. The molecular formula is C29H35N5O3. The zero-order valence-electron chi connectivity index (χ0n) is 22.2. The first-order valence-electron chi connectivity index (χ1n) is 12.5. The molecule has 1 aromatic heterocycles. The molecule has 2 heterocycles. The van der Waals surface area contributed by atoms with E-state index in [1.54, 1.807) is 19.0 Å². The summed E-state index contributed by atoms with van der Waals surface area (Å²) in [7, 11) is 3.51. The number of carbonyl (C=O) groups is 3. The minimum absolute atomic E-state index is 0.00418. The lowest BCUT2D eigenvalue weighted by atomic mass is 9.94. The lowest BCUT2D eigenvalue weighted by molar-refractivity contribution is -0.114. The number of aromatic nitrogens is 1. The van der Waals surface area contributed by atoms with Gasteiger partial charge in [-0.1, -0.05) is 24.3 Å². The van der Waals surface area contributed by atoms with Crippen LogP contribution in [-0.2, 0) is 30.0 Å². The van der Waals surface area contributed by atoms with Crippen LogP contribution in [0.2, 0.25) is 0 Å². The maximum absolute atomic E-state index is 13.0. The van der Waals surface area contributed by atoms with Crippen molar-refractivity contribution in [2.45, 2.75) is 45.9 Å². The first kappa shape index (κ1) is 26.2. The van der Waals surface area contributed by atoms with Crippen LogP contribution in [0.4, 0.5) is 5.69 Å². The smallest absolute Gasteiger partial charge is 0.268 e. The molecule has 2 N–H and O–H groups in total. The molecule has 0 spiro atoms. The molecule has 194 valence electrons. The highest BCUT2D eigenvalue weighted by molar-refractivity contribution is 5.94. The van der Waals surface area contributed by atoms with E-state index in [2.05, 4.69) is 33.9 Å². The molecule has 3 amide bonds. The van der Waals surface area contributed by atoms with Gasteiger partial charge in [-0.15, -0.1) is 0 Å². The van der Waals surface area contributed by atoms with Gasteiger partial charge >= 0.3 is 0 Å². The molecule has 0 unspecified atom stereocenters. The maximum Gasteiger partial charge on any atom is 0.268 e. The second kappa shape index (κ2) is 10.6. The summed E-state index contributed by atoms with van der Waals surface area (Å²) < 4.78 is 2.12. The van der Waals surface area contributed by atoms with Crippen LogP contribution in [0.25, 0.3) is 0 Å². The summed E-state index contributed by atoms with van der Waals surface area (Å²) in [6.07, 6.45) is 0. The van der Waals surface area contributed by atoms with Crippen molar-refractivity contribution in [2.75, 3.05) is 26.0 Å². The summed E-state index contributed by atoms with van der Waals surface area (Å²) in [5.74, 6) is -0.229. The molecule has 1 aliphatic heterocycles. The molecule has 0 saturated heterocycles. The fourth-order valence-corrected chi connectivity index (χ4v) is 4.79. The van der Waals surface area contributed by atoms with Gasteiger partial charge in [0.2, 0.25) is 5.91 Å². The van der Waals surface area contributed by atoms with Crippen molar-refractivity contribution in [1.82, 2.24) is 19.7 Å². The Hall–Kier alpha value is -3.91. The van der Waals surface area contributed by atoms with E-state index < -0.39 is 0 Å². The third-order valence-corrected chi connectivity index (χ3v) is 6.93. The van der Waals surface area contributed by atoms with Crippen LogP contribution in [0.1, 0.15) is 58.4 Å². The normalized spacial score (nSPS) is 14.5. The van der Waals surface area contributed by atoms with E-state index in [0.29, 0.717) is 17.8 Å². The van der Waals surface area contributed by atoms with E-state index >= 15 is 0 Å². The third-order valence-electron chi connectivity index (χ3n) is 6.93. The molecule has 2 aromatic carbocycles. The van der Waals surface area contributed by atoms with Gasteiger partial charge in [-0.25, -0.2) is 0 Å².